The molecule has 1 saturated heterocycles. The van der Waals surface area contributed by atoms with Crippen LogP contribution in [0.15, 0.2) is 24.3 Å². The Balaban J connectivity index is 2.06. The average molecular weight is 255 g/mol. The molecule has 0 saturated carbocycles. The minimum Gasteiger partial charge on any atom is -0.508 e. The maximum Gasteiger partial charge on any atom is 0.157 e. The molecule has 5 N–H and O–H groups in total. The lowest BCUT2D eigenvalue weighted by atomic mass is 9.99. The van der Waals surface area contributed by atoms with Gasteiger partial charge in [-0.1, -0.05) is 0 Å². The molecule has 1 aliphatic rings. The van der Waals surface area contributed by atoms with Crippen LogP contribution in [0.1, 0.15) is 6.92 Å². The summed E-state index contributed by atoms with van der Waals surface area (Å²) in [6.07, 6.45) is -5.01. The SMILES string of the molecule is C[C@@H]1O[C@H](Nc2ccc(O)cc2)[C@H](O)[C@@H](O)[C@@H]1O. The number of rotatable bonds is 2. The van der Waals surface area contributed by atoms with Crippen LogP contribution in [0.2, 0.25) is 0 Å². The summed E-state index contributed by atoms with van der Waals surface area (Å²) in [5.74, 6) is 0.134. The van der Waals surface area contributed by atoms with E-state index < -0.39 is 30.6 Å². The number of benzene rings is 1. The summed E-state index contributed by atoms with van der Waals surface area (Å²) in [6.45, 7) is 1.62. The molecular formula is C12H17NO5. The van der Waals surface area contributed by atoms with Crippen LogP contribution >= 0.6 is 0 Å². The molecule has 1 aromatic carbocycles. The van der Waals surface area contributed by atoms with E-state index in [1.54, 1.807) is 19.1 Å². The van der Waals surface area contributed by atoms with Crippen LogP contribution in [0, 0.1) is 0 Å². The van der Waals surface area contributed by atoms with Crippen molar-refractivity contribution in [1.82, 2.24) is 0 Å². The molecule has 2 rings (SSSR count). The van der Waals surface area contributed by atoms with Gasteiger partial charge in [0.25, 0.3) is 0 Å². The summed E-state index contributed by atoms with van der Waals surface area (Å²) in [6, 6.07) is 6.22. The predicted molar refractivity (Wildman–Crippen MR) is 64.1 cm³/mol. The van der Waals surface area contributed by atoms with E-state index in [2.05, 4.69) is 5.32 Å². The zero-order valence-electron chi connectivity index (χ0n) is 9.89. The molecule has 1 fully saturated rings. The Hall–Kier alpha value is -1.34. The summed E-state index contributed by atoms with van der Waals surface area (Å²) < 4.78 is 5.38. The van der Waals surface area contributed by atoms with E-state index in [1.165, 1.54) is 12.1 Å². The van der Waals surface area contributed by atoms with E-state index in [0.717, 1.165) is 0 Å². The quantitative estimate of drug-likeness (QED) is 0.462. The molecule has 18 heavy (non-hydrogen) atoms. The lowest BCUT2D eigenvalue weighted by molar-refractivity contribution is -0.209. The molecule has 0 aliphatic carbocycles. The number of ether oxygens (including phenoxy) is 1. The van der Waals surface area contributed by atoms with E-state index in [0.29, 0.717) is 5.69 Å². The van der Waals surface area contributed by atoms with Crippen LogP contribution in [0.4, 0.5) is 5.69 Å². The van der Waals surface area contributed by atoms with Crippen LogP contribution < -0.4 is 5.32 Å². The van der Waals surface area contributed by atoms with Crippen molar-refractivity contribution in [3.05, 3.63) is 24.3 Å². The van der Waals surface area contributed by atoms with Gasteiger partial charge >= 0.3 is 0 Å². The molecule has 0 amide bonds. The number of nitrogens with one attached hydrogen (secondary N) is 1. The Morgan fingerprint density at radius 3 is 2.22 bits per heavy atom. The molecule has 6 heteroatoms. The maximum absolute atomic E-state index is 9.79. The fourth-order valence-electron chi connectivity index (χ4n) is 1.89. The highest BCUT2D eigenvalue weighted by Crippen LogP contribution is 2.23. The first-order valence-electron chi connectivity index (χ1n) is 5.74. The molecule has 1 heterocycles. The first-order chi connectivity index (χ1) is 8.49. The largest absolute Gasteiger partial charge is 0.508 e. The van der Waals surface area contributed by atoms with E-state index in [1.807, 2.05) is 0 Å². The second kappa shape index (κ2) is 5.11. The van der Waals surface area contributed by atoms with Gasteiger partial charge in [-0.15, -0.1) is 0 Å². The number of phenols is 1. The molecule has 1 aliphatic heterocycles. The normalized spacial score (nSPS) is 36.3. The van der Waals surface area contributed by atoms with Gasteiger partial charge in [0, 0.05) is 5.69 Å². The number of hydrogen-bond acceptors (Lipinski definition) is 6. The van der Waals surface area contributed by atoms with Gasteiger partial charge in [0.1, 0.15) is 24.1 Å². The summed E-state index contributed by atoms with van der Waals surface area (Å²) in [5.41, 5.74) is 0.632. The summed E-state index contributed by atoms with van der Waals surface area (Å²) >= 11 is 0. The molecule has 0 aromatic heterocycles. The predicted octanol–water partition coefficient (Wildman–Crippen LogP) is -0.368. The van der Waals surface area contributed by atoms with Gasteiger partial charge in [-0.3, -0.25) is 0 Å². The molecule has 1 aromatic rings. The van der Waals surface area contributed by atoms with Gasteiger partial charge in [-0.2, -0.15) is 0 Å². The van der Waals surface area contributed by atoms with E-state index in [4.69, 9.17) is 9.84 Å². The lowest BCUT2D eigenvalue weighted by Crippen LogP contribution is -2.58. The topological polar surface area (TPSA) is 102 Å². The smallest absolute Gasteiger partial charge is 0.157 e. The Morgan fingerprint density at radius 2 is 1.61 bits per heavy atom. The second-order valence-electron chi connectivity index (χ2n) is 4.42. The monoisotopic (exact) mass is 255 g/mol. The summed E-state index contributed by atoms with van der Waals surface area (Å²) in [5, 5.41) is 41.0. The third-order valence-corrected chi connectivity index (χ3v) is 3.03. The van der Waals surface area contributed by atoms with E-state index in [9.17, 15) is 15.3 Å². The summed E-state index contributed by atoms with van der Waals surface area (Å²) in [7, 11) is 0. The van der Waals surface area contributed by atoms with Gasteiger partial charge in [-0.25, -0.2) is 0 Å². The molecular weight excluding hydrogens is 238 g/mol. The standard InChI is InChI=1S/C12H17NO5/c1-6-9(15)10(16)11(17)12(18-6)13-7-2-4-8(14)5-3-7/h2-6,9-17H,1H3/t6-,9+,10-,11+,12-/m0/s1. The zero-order chi connectivity index (χ0) is 13.3. The fraction of sp³-hybridized carbons (Fsp3) is 0.500. The number of aliphatic hydroxyl groups excluding tert-OH is 3. The van der Waals surface area contributed by atoms with Crippen LogP contribution in [0.3, 0.4) is 0 Å². The fourth-order valence-corrected chi connectivity index (χ4v) is 1.89. The highest BCUT2D eigenvalue weighted by Gasteiger charge is 2.41. The lowest BCUT2D eigenvalue weighted by Gasteiger charge is -2.39. The van der Waals surface area contributed by atoms with Gasteiger partial charge in [0.05, 0.1) is 6.10 Å². The molecule has 5 atom stereocenters. The minimum absolute atomic E-state index is 0.134. The molecule has 0 unspecified atom stereocenters. The molecule has 6 nitrogen and oxygen atoms in total. The Bertz CT molecular complexity index is 396. The van der Waals surface area contributed by atoms with Crippen LogP contribution in [0.25, 0.3) is 0 Å². The average Bonchev–Trinajstić information content (AvgIpc) is 2.36. The maximum atomic E-state index is 9.79. The van der Waals surface area contributed by atoms with Crippen molar-refractivity contribution in [3.8, 4) is 5.75 Å². The Kier molecular flexibility index (Phi) is 3.72. The van der Waals surface area contributed by atoms with Gasteiger partial charge in [-0.05, 0) is 31.2 Å². The third kappa shape index (κ3) is 2.56. The van der Waals surface area contributed by atoms with E-state index in [-0.39, 0.29) is 5.75 Å². The molecule has 100 valence electrons. The van der Waals surface area contributed by atoms with Gasteiger partial charge in [0.2, 0.25) is 0 Å². The molecule has 0 radical (unpaired) electrons. The first-order valence-corrected chi connectivity index (χ1v) is 5.74. The minimum atomic E-state index is -1.26. The summed E-state index contributed by atoms with van der Waals surface area (Å²) in [4.78, 5) is 0. The number of aromatic hydroxyl groups is 1. The number of aliphatic hydroxyl groups is 3. The van der Waals surface area contributed by atoms with E-state index >= 15 is 0 Å². The van der Waals surface area contributed by atoms with Crippen LogP contribution in [0.5, 0.6) is 5.75 Å². The highest BCUT2D eigenvalue weighted by molar-refractivity contribution is 5.46. The highest BCUT2D eigenvalue weighted by atomic mass is 16.5. The number of hydrogen-bond donors (Lipinski definition) is 5. The van der Waals surface area contributed by atoms with Crippen molar-refractivity contribution in [2.45, 2.75) is 37.6 Å². The van der Waals surface area contributed by atoms with Crippen LogP contribution in [-0.2, 0) is 4.74 Å². The van der Waals surface area contributed by atoms with Crippen LogP contribution in [-0.4, -0.2) is 51.1 Å². The van der Waals surface area contributed by atoms with Crippen molar-refractivity contribution in [2.75, 3.05) is 5.32 Å². The Labute approximate surface area is 104 Å². The van der Waals surface area contributed by atoms with Gasteiger partial charge in [0.15, 0.2) is 6.23 Å². The van der Waals surface area contributed by atoms with Crippen molar-refractivity contribution in [3.63, 3.8) is 0 Å². The third-order valence-electron chi connectivity index (χ3n) is 3.03. The number of anilines is 1. The zero-order valence-corrected chi connectivity index (χ0v) is 9.89. The van der Waals surface area contributed by atoms with Crippen molar-refractivity contribution >= 4 is 5.69 Å². The molecule has 0 spiro atoms. The number of phenolic OH excluding ortho intramolecular Hbond substituents is 1. The van der Waals surface area contributed by atoms with Crippen molar-refractivity contribution in [1.29, 1.82) is 0 Å². The second-order valence-corrected chi connectivity index (χ2v) is 4.42. The van der Waals surface area contributed by atoms with Crippen molar-refractivity contribution < 1.29 is 25.2 Å². The first kappa shape index (κ1) is 13.1. The Morgan fingerprint density at radius 1 is 1.00 bits per heavy atom. The van der Waals surface area contributed by atoms with Gasteiger partial charge < -0.3 is 30.5 Å². The van der Waals surface area contributed by atoms with Crippen molar-refractivity contribution in [2.24, 2.45) is 0 Å². The molecule has 0 bridgehead atoms.